The number of β-amino-alcohol motifs (C(OH)–C–C–N with tert-alkyl or cyclic N) is 1. The zero-order chi connectivity index (χ0) is 13.5. The van der Waals surface area contributed by atoms with Crippen molar-refractivity contribution >= 4 is 0 Å². The number of aliphatic hydroxyl groups is 1. The zero-order valence-corrected chi connectivity index (χ0v) is 11.6. The summed E-state index contributed by atoms with van der Waals surface area (Å²) in [6.07, 6.45) is 1.17. The van der Waals surface area contributed by atoms with Crippen LogP contribution in [0.1, 0.15) is 17.5 Å². The molecular weight excluding hydrogens is 238 g/mol. The molecule has 0 bridgehead atoms. The lowest BCUT2D eigenvalue weighted by molar-refractivity contribution is 0.196. The van der Waals surface area contributed by atoms with Gasteiger partial charge in [-0.3, -0.25) is 9.80 Å². The summed E-state index contributed by atoms with van der Waals surface area (Å²) < 4.78 is 0. The van der Waals surface area contributed by atoms with Gasteiger partial charge in [-0.15, -0.1) is 0 Å². The molecule has 1 aromatic rings. The highest BCUT2D eigenvalue weighted by atomic mass is 16.3. The van der Waals surface area contributed by atoms with Gasteiger partial charge in [0.2, 0.25) is 0 Å². The van der Waals surface area contributed by atoms with Crippen LogP contribution in [0.15, 0.2) is 24.3 Å². The lowest BCUT2D eigenvalue weighted by Gasteiger charge is -2.22. The first kappa shape index (κ1) is 14.5. The number of rotatable bonds is 5. The second-order valence-corrected chi connectivity index (χ2v) is 5.17. The van der Waals surface area contributed by atoms with Crippen molar-refractivity contribution in [3.63, 3.8) is 0 Å². The van der Waals surface area contributed by atoms with Crippen LogP contribution in [-0.2, 0) is 13.1 Å². The summed E-state index contributed by atoms with van der Waals surface area (Å²) in [6, 6.07) is 8.44. The van der Waals surface area contributed by atoms with Crippen LogP contribution in [0.2, 0.25) is 0 Å². The largest absolute Gasteiger partial charge is 0.395 e. The molecule has 0 amide bonds. The average Bonchev–Trinajstić information content (AvgIpc) is 2.66. The molecule has 4 heteroatoms. The molecule has 1 fully saturated rings. The molecule has 19 heavy (non-hydrogen) atoms. The topological polar surface area (TPSA) is 52.7 Å². The summed E-state index contributed by atoms with van der Waals surface area (Å²) in [5.74, 6) is 0. The van der Waals surface area contributed by atoms with Crippen LogP contribution in [0.4, 0.5) is 0 Å². The van der Waals surface area contributed by atoms with Crippen molar-refractivity contribution in [2.75, 3.05) is 39.3 Å². The molecule has 1 aromatic carbocycles. The standard InChI is InChI=1S/C15H25N3O/c16-12-14-4-1-2-5-15(14)13-18-7-3-6-17(8-9-18)10-11-19/h1-2,4-5,19H,3,6-13,16H2. The maximum absolute atomic E-state index is 9.01. The van der Waals surface area contributed by atoms with E-state index in [2.05, 4.69) is 34.1 Å². The molecule has 106 valence electrons. The third-order valence-corrected chi connectivity index (χ3v) is 3.83. The normalized spacial score (nSPS) is 18.4. The fourth-order valence-electron chi connectivity index (χ4n) is 2.70. The molecule has 4 nitrogen and oxygen atoms in total. The van der Waals surface area contributed by atoms with Gasteiger partial charge in [0.15, 0.2) is 0 Å². The Morgan fingerprint density at radius 2 is 1.68 bits per heavy atom. The number of benzene rings is 1. The Morgan fingerprint density at radius 1 is 1.00 bits per heavy atom. The van der Waals surface area contributed by atoms with Gasteiger partial charge in [-0.1, -0.05) is 24.3 Å². The molecule has 1 aliphatic rings. The second-order valence-electron chi connectivity index (χ2n) is 5.17. The van der Waals surface area contributed by atoms with Crippen molar-refractivity contribution in [1.29, 1.82) is 0 Å². The zero-order valence-electron chi connectivity index (χ0n) is 11.6. The van der Waals surface area contributed by atoms with E-state index in [0.29, 0.717) is 6.54 Å². The van der Waals surface area contributed by atoms with Gasteiger partial charge in [-0.25, -0.2) is 0 Å². The Labute approximate surface area is 115 Å². The third-order valence-electron chi connectivity index (χ3n) is 3.83. The van der Waals surface area contributed by atoms with E-state index in [0.717, 1.165) is 39.3 Å². The SMILES string of the molecule is NCc1ccccc1CN1CCCN(CCO)CC1. The Bertz CT molecular complexity index is 383. The Hall–Kier alpha value is -0.940. The molecule has 1 heterocycles. The number of hydrogen-bond acceptors (Lipinski definition) is 4. The van der Waals surface area contributed by atoms with E-state index in [-0.39, 0.29) is 6.61 Å². The van der Waals surface area contributed by atoms with Crippen molar-refractivity contribution in [3.8, 4) is 0 Å². The van der Waals surface area contributed by atoms with Crippen LogP contribution in [0.3, 0.4) is 0 Å². The fraction of sp³-hybridized carbons (Fsp3) is 0.600. The molecule has 0 aromatic heterocycles. The van der Waals surface area contributed by atoms with Gasteiger partial charge < -0.3 is 10.8 Å². The minimum Gasteiger partial charge on any atom is -0.395 e. The van der Waals surface area contributed by atoms with Gasteiger partial charge >= 0.3 is 0 Å². The molecule has 1 aliphatic heterocycles. The highest BCUT2D eigenvalue weighted by Crippen LogP contribution is 2.13. The van der Waals surface area contributed by atoms with E-state index < -0.39 is 0 Å². The van der Waals surface area contributed by atoms with E-state index in [1.807, 2.05) is 0 Å². The van der Waals surface area contributed by atoms with Gasteiger partial charge in [-0.2, -0.15) is 0 Å². The van der Waals surface area contributed by atoms with Crippen LogP contribution >= 0.6 is 0 Å². The maximum Gasteiger partial charge on any atom is 0.0558 e. The average molecular weight is 263 g/mol. The molecule has 3 N–H and O–H groups in total. The first-order valence-corrected chi connectivity index (χ1v) is 7.16. The van der Waals surface area contributed by atoms with Crippen LogP contribution in [0.25, 0.3) is 0 Å². The molecule has 0 aliphatic carbocycles. The monoisotopic (exact) mass is 263 g/mol. The summed E-state index contributed by atoms with van der Waals surface area (Å²) in [7, 11) is 0. The molecule has 0 spiro atoms. The quantitative estimate of drug-likeness (QED) is 0.819. The fourth-order valence-corrected chi connectivity index (χ4v) is 2.70. The molecular formula is C15H25N3O. The van der Waals surface area contributed by atoms with Crippen molar-refractivity contribution in [2.24, 2.45) is 5.73 Å². The Kier molecular flexibility index (Phi) is 5.79. The highest BCUT2D eigenvalue weighted by molar-refractivity contribution is 5.26. The molecule has 0 atom stereocenters. The molecule has 0 saturated carbocycles. The van der Waals surface area contributed by atoms with E-state index >= 15 is 0 Å². The van der Waals surface area contributed by atoms with Gasteiger partial charge in [0.05, 0.1) is 6.61 Å². The van der Waals surface area contributed by atoms with Crippen molar-refractivity contribution < 1.29 is 5.11 Å². The van der Waals surface area contributed by atoms with Gasteiger partial charge in [-0.05, 0) is 30.6 Å². The van der Waals surface area contributed by atoms with Crippen LogP contribution < -0.4 is 5.73 Å². The Morgan fingerprint density at radius 3 is 2.42 bits per heavy atom. The summed E-state index contributed by atoms with van der Waals surface area (Å²) in [6.45, 7) is 6.99. The maximum atomic E-state index is 9.01. The number of nitrogens with two attached hydrogens (primary N) is 1. The summed E-state index contributed by atoms with van der Waals surface area (Å²) >= 11 is 0. The minimum atomic E-state index is 0.260. The van der Waals surface area contributed by atoms with E-state index in [9.17, 15) is 0 Å². The van der Waals surface area contributed by atoms with Gasteiger partial charge in [0.1, 0.15) is 0 Å². The van der Waals surface area contributed by atoms with Crippen LogP contribution in [-0.4, -0.2) is 54.2 Å². The molecule has 0 radical (unpaired) electrons. The van der Waals surface area contributed by atoms with Crippen molar-refractivity contribution in [3.05, 3.63) is 35.4 Å². The number of nitrogens with zero attached hydrogens (tertiary/aromatic N) is 2. The number of hydrogen-bond donors (Lipinski definition) is 2. The summed E-state index contributed by atoms with van der Waals surface area (Å²) in [5, 5.41) is 9.01. The lowest BCUT2D eigenvalue weighted by atomic mass is 10.1. The predicted molar refractivity (Wildman–Crippen MR) is 77.8 cm³/mol. The van der Waals surface area contributed by atoms with Crippen LogP contribution in [0.5, 0.6) is 0 Å². The molecule has 1 saturated heterocycles. The minimum absolute atomic E-state index is 0.260. The van der Waals surface area contributed by atoms with E-state index in [1.54, 1.807) is 0 Å². The van der Waals surface area contributed by atoms with Gasteiger partial charge in [0, 0.05) is 32.7 Å². The lowest BCUT2D eigenvalue weighted by Crippen LogP contribution is -2.32. The van der Waals surface area contributed by atoms with E-state index in [1.165, 1.54) is 17.5 Å². The number of aliphatic hydroxyl groups excluding tert-OH is 1. The van der Waals surface area contributed by atoms with Crippen molar-refractivity contribution in [2.45, 2.75) is 19.5 Å². The predicted octanol–water partition coefficient (Wildman–Crippen LogP) is 0.645. The van der Waals surface area contributed by atoms with Crippen molar-refractivity contribution in [1.82, 2.24) is 9.80 Å². The third kappa shape index (κ3) is 4.28. The molecule has 0 unspecified atom stereocenters. The van der Waals surface area contributed by atoms with E-state index in [4.69, 9.17) is 10.8 Å². The van der Waals surface area contributed by atoms with Crippen LogP contribution in [0, 0.1) is 0 Å². The molecule has 2 rings (SSSR count). The summed E-state index contributed by atoms with van der Waals surface area (Å²) in [5.41, 5.74) is 8.39. The first-order chi connectivity index (χ1) is 9.33. The highest BCUT2D eigenvalue weighted by Gasteiger charge is 2.15. The second kappa shape index (κ2) is 7.60. The summed E-state index contributed by atoms with van der Waals surface area (Å²) in [4.78, 5) is 4.83. The smallest absolute Gasteiger partial charge is 0.0558 e. The Balaban J connectivity index is 1.92. The van der Waals surface area contributed by atoms with Gasteiger partial charge in [0.25, 0.3) is 0 Å². The first-order valence-electron chi connectivity index (χ1n) is 7.16.